The molecular formula is C12H18N2O2. The first-order valence-corrected chi connectivity index (χ1v) is 5.34. The van der Waals surface area contributed by atoms with Gasteiger partial charge in [-0.3, -0.25) is 4.79 Å². The molecule has 0 saturated carbocycles. The third-order valence-electron chi connectivity index (χ3n) is 2.45. The summed E-state index contributed by atoms with van der Waals surface area (Å²) in [5.74, 6) is 0.673. The van der Waals surface area contributed by atoms with Crippen LogP contribution in [0.15, 0.2) is 24.3 Å². The Balaban J connectivity index is 2.74. The Morgan fingerprint density at radius 3 is 2.50 bits per heavy atom. The second kappa shape index (κ2) is 6.12. The molecule has 16 heavy (non-hydrogen) atoms. The standard InChI is InChI=1S/C12H18N2O2/c1-3-11(14-12(15)8-13)9-4-6-10(16-2)7-5-9/h4-7,11H,3,8,13H2,1-2H3,(H,14,15). The van der Waals surface area contributed by atoms with Gasteiger partial charge in [0.1, 0.15) is 5.75 Å². The van der Waals surface area contributed by atoms with Crippen LogP contribution < -0.4 is 15.8 Å². The van der Waals surface area contributed by atoms with Gasteiger partial charge in [-0.05, 0) is 24.1 Å². The number of hydrogen-bond donors (Lipinski definition) is 2. The van der Waals surface area contributed by atoms with E-state index in [-0.39, 0.29) is 18.5 Å². The number of amides is 1. The Hall–Kier alpha value is -1.55. The van der Waals surface area contributed by atoms with E-state index in [2.05, 4.69) is 5.32 Å². The maximum absolute atomic E-state index is 11.2. The summed E-state index contributed by atoms with van der Waals surface area (Å²) in [6.45, 7) is 2.04. The smallest absolute Gasteiger partial charge is 0.234 e. The normalized spacial score (nSPS) is 11.9. The number of ether oxygens (including phenoxy) is 1. The zero-order valence-electron chi connectivity index (χ0n) is 9.69. The van der Waals surface area contributed by atoms with Crippen LogP contribution in [0.5, 0.6) is 5.75 Å². The number of nitrogens with two attached hydrogens (primary N) is 1. The van der Waals surface area contributed by atoms with E-state index in [0.29, 0.717) is 0 Å². The monoisotopic (exact) mass is 222 g/mol. The first-order chi connectivity index (χ1) is 7.71. The van der Waals surface area contributed by atoms with Crippen molar-refractivity contribution in [3.05, 3.63) is 29.8 Å². The lowest BCUT2D eigenvalue weighted by atomic mass is 10.0. The SMILES string of the molecule is CCC(NC(=O)CN)c1ccc(OC)cc1. The van der Waals surface area contributed by atoms with E-state index in [4.69, 9.17) is 10.5 Å². The summed E-state index contributed by atoms with van der Waals surface area (Å²) in [5, 5.41) is 2.87. The fourth-order valence-corrected chi connectivity index (χ4v) is 1.51. The predicted molar refractivity (Wildman–Crippen MR) is 63.2 cm³/mol. The molecule has 1 rings (SSSR count). The van der Waals surface area contributed by atoms with Crippen LogP contribution in [0.4, 0.5) is 0 Å². The highest BCUT2D eigenvalue weighted by Gasteiger charge is 2.11. The highest BCUT2D eigenvalue weighted by Crippen LogP contribution is 2.19. The molecule has 0 spiro atoms. The highest BCUT2D eigenvalue weighted by atomic mass is 16.5. The number of carbonyl (C=O) groups is 1. The van der Waals surface area contributed by atoms with Gasteiger partial charge in [0.25, 0.3) is 0 Å². The van der Waals surface area contributed by atoms with E-state index in [1.807, 2.05) is 31.2 Å². The highest BCUT2D eigenvalue weighted by molar-refractivity contribution is 5.78. The van der Waals surface area contributed by atoms with Gasteiger partial charge in [0.2, 0.25) is 5.91 Å². The number of rotatable bonds is 5. The third kappa shape index (κ3) is 3.24. The lowest BCUT2D eigenvalue weighted by molar-refractivity contribution is -0.120. The van der Waals surface area contributed by atoms with Gasteiger partial charge in [-0.1, -0.05) is 19.1 Å². The molecular weight excluding hydrogens is 204 g/mol. The van der Waals surface area contributed by atoms with E-state index >= 15 is 0 Å². The molecule has 0 fully saturated rings. The van der Waals surface area contributed by atoms with Gasteiger partial charge in [-0.25, -0.2) is 0 Å². The van der Waals surface area contributed by atoms with Crippen LogP contribution in [0.1, 0.15) is 24.9 Å². The molecule has 1 unspecified atom stereocenters. The van der Waals surface area contributed by atoms with Gasteiger partial charge in [0, 0.05) is 0 Å². The minimum atomic E-state index is -0.136. The minimum Gasteiger partial charge on any atom is -0.497 e. The first kappa shape index (κ1) is 12.5. The van der Waals surface area contributed by atoms with Crippen molar-refractivity contribution < 1.29 is 9.53 Å². The average molecular weight is 222 g/mol. The summed E-state index contributed by atoms with van der Waals surface area (Å²) < 4.78 is 5.08. The van der Waals surface area contributed by atoms with Gasteiger partial charge in [0.05, 0.1) is 19.7 Å². The summed E-state index contributed by atoms with van der Waals surface area (Å²) in [4.78, 5) is 11.2. The van der Waals surface area contributed by atoms with Crippen molar-refractivity contribution in [1.29, 1.82) is 0 Å². The average Bonchev–Trinajstić information content (AvgIpc) is 2.35. The molecule has 1 aromatic rings. The van der Waals surface area contributed by atoms with Crippen LogP contribution in [0.3, 0.4) is 0 Å². The summed E-state index contributed by atoms with van der Waals surface area (Å²) in [7, 11) is 1.63. The zero-order chi connectivity index (χ0) is 12.0. The first-order valence-electron chi connectivity index (χ1n) is 5.34. The van der Waals surface area contributed by atoms with Crippen LogP contribution in [-0.2, 0) is 4.79 Å². The van der Waals surface area contributed by atoms with E-state index < -0.39 is 0 Å². The Labute approximate surface area is 95.8 Å². The van der Waals surface area contributed by atoms with E-state index in [9.17, 15) is 4.79 Å². The fourth-order valence-electron chi connectivity index (χ4n) is 1.51. The zero-order valence-corrected chi connectivity index (χ0v) is 9.69. The molecule has 88 valence electrons. The molecule has 4 heteroatoms. The van der Waals surface area contributed by atoms with E-state index in [1.54, 1.807) is 7.11 Å². The topological polar surface area (TPSA) is 64.4 Å². The van der Waals surface area contributed by atoms with Crippen molar-refractivity contribution in [2.75, 3.05) is 13.7 Å². The lowest BCUT2D eigenvalue weighted by Crippen LogP contribution is -2.33. The molecule has 0 aliphatic carbocycles. The molecule has 4 nitrogen and oxygen atoms in total. The maximum Gasteiger partial charge on any atom is 0.234 e. The summed E-state index contributed by atoms with van der Waals surface area (Å²) in [5.41, 5.74) is 6.33. The molecule has 1 atom stereocenters. The van der Waals surface area contributed by atoms with E-state index in [0.717, 1.165) is 17.7 Å². The van der Waals surface area contributed by atoms with Crippen molar-refractivity contribution in [2.45, 2.75) is 19.4 Å². The quantitative estimate of drug-likeness (QED) is 0.787. The van der Waals surface area contributed by atoms with Crippen LogP contribution in [0, 0.1) is 0 Å². The molecule has 0 aliphatic rings. The molecule has 0 radical (unpaired) electrons. The van der Waals surface area contributed by atoms with Gasteiger partial charge in [0.15, 0.2) is 0 Å². The van der Waals surface area contributed by atoms with Crippen LogP contribution in [0.25, 0.3) is 0 Å². The van der Waals surface area contributed by atoms with Gasteiger partial charge < -0.3 is 15.8 Å². The largest absolute Gasteiger partial charge is 0.497 e. The van der Waals surface area contributed by atoms with Gasteiger partial charge >= 0.3 is 0 Å². The minimum absolute atomic E-state index is 0.0157. The van der Waals surface area contributed by atoms with Crippen LogP contribution >= 0.6 is 0 Å². The summed E-state index contributed by atoms with van der Waals surface area (Å²) >= 11 is 0. The number of nitrogens with one attached hydrogen (secondary N) is 1. The molecule has 1 aromatic carbocycles. The Kier molecular flexibility index (Phi) is 4.79. The van der Waals surface area contributed by atoms with Gasteiger partial charge in [-0.2, -0.15) is 0 Å². The van der Waals surface area contributed by atoms with Crippen molar-refractivity contribution in [2.24, 2.45) is 5.73 Å². The lowest BCUT2D eigenvalue weighted by Gasteiger charge is -2.17. The van der Waals surface area contributed by atoms with Crippen molar-refractivity contribution in [3.8, 4) is 5.75 Å². The third-order valence-corrected chi connectivity index (χ3v) is 2.45. The molecule has 0 bridgehead atoms. The van der Waals surface area contributed by atoms with Crippen molar-refractivity contribution >= 4 is 5.91 Å². The maximum atomic E-state index is 11.2. The molecule has 3 N–H and O–H groups in total. The number of methoxy groups -OCH3 is 1. The predicted octanol–water partition coefficient (Wildman–Crippen LogP) is 1.22. The van der Waals surface area contributed by atoms with Crippen molar-refractivity contribution in [3.63, 3.8) is 0 Å². The number of hydrogen-bond acceptors (Lipinski definition) is 3. The molecule has 0 heterocycles. The second-order valence-electron chi connectivity index (χ2n) is 3.51. The van der Waals surface area contributed by atoms with Crippen LogP contribution in [0.2, 0.25) is 0 Å². The molecule has 0 aliphatic heterocycles. The molecule has 0 saturated heterocycles. The number of carbonyl (C=O) groups excluding carboxylic acids is 1. The van der Waals surface area contributed by atoms with Gasteiger partial charge in [-0.15, -0.1) is 0 Å². The number of benzene rings is 1. The second-order valence-corrected chi connectivity index (χ2v) is 3.51. The van der Waals surface area contributed by atoms with Crippen molar-refractivity contribution in [1.82, 2.24) is 5.32 Å². The summed E-state index contributed by atoms with van der Waals surface area (Å²) in [6, 6.07) is 7.68. The Morgan fingerprint density at radius 1 is 1.44 bits per heavy atom. The summed E-state index contributed by atoms with van der Waals surface area (Å²) in [6.07, 6.45) is 0.831. The Morgan fingerprint density at radius 2 is 2.06 bits per heavy atom. The van der Waals surface area contributed by atoms with Crippen LogP contribution in [-0.4, -0.2) is 19.6 Å². The Bertz CT molecular complexity index is 335. The van der Waals surface area contributed by atoms with E-state index in [1.165, 1.54) is 0 Å². The molecule has 0 aromatic heterocycles. The fraction of sp³-hybridized carbons (Fsp3) is 0.417. The molecule has 1 amide bonds.